The van der Waals surface area contributed by atoms with Gasteiger partial charge in [-0.3, -0.25) is 0 Å². The highest BCUT2D eigenvalue weighted by atomic mass is 32.1. The van der Waals surface area contributed by atoms with Crippen LogP contribution in [0.1, 0.15) is 16.7 Å². The molecular weight excluding hydrogens is 214 g/mol. The predicted molar refractivity (Wildman–Crippen MR) is 70.9 cm³/mol. The molecule has 0 fully saturated rings. The van der Waals surface area contributed by atoms with Gasteiger partial charge in [0.25, 0.3) is 0 Å². The van der Waals surface area contributed by atoms with Crippen molar-refractivity contribution in [3.05, 3.63) is 57.8 Å². The summed E-state index contributed by atoms with van der Waals surface area (Å²) in [6, 6.07) is 10.8. The first kappa shape index (κ1) is 11.4. The standard InChI is InChI=1S/C14H17NS/c1-12-4-2-3-5-14(12)6-8-15-10-13-7-9-16-11-13/h2-5,7,9,11,15H,6,8,10H2,1H3. The van der Waals surface area contributed by atoms with E-state index in [4.69, 9.17) is 0 Å². The quantitative estimate of drug-likeness (QED) is 0.778. The van der Waals surface area contributed by atoms with Crippen LogP contribution >= 0.6 is 11.3 Å². The largest absolute Gasteiger partial charge is 0.312 e. The van der Waals surface area contributed by atoms with Crippen molar-refractivity contribution in [2.75, 3.05) is 6.54 Å². The fraction of sp³-hybridized carbons (Fsp3) is 0.286. The van der Waals surface area contributed by atoms with E-state index in [1.54, 1.807) is 11.3 Å². The molecule has 0 amide bonds. The van der Waals surface area contributed by atoms with Gasteiger partial charge in [-0.1, -0.05) is 24.3 Å². The zero-order chi connectivity index (χ0) is 11.2. The first-order chi connectivity index (χ1) is 7.86. The lowest BCUT2D eigenvalue weighted by Crippen LogP contribution is -2.16. The lowest BCUT2D eigenvalue weighted by Gasteiger charge is -2.06. The van der Waals surface area contributed by atoms with Crippen LogP contribution in [0.2, 0.25) is 0 Å². The van der Waals surface area contributed by atoms with Crippen LogP contribution in [0.3, 0.4) is 0 Å². The molecule has 0 aliphatic carbocycles. The number of aryl methyl sites for hydroxylation is 1. The highest BCUT2D eigenvalue weighted by Gasteiger charge is 1.97. The summed E-state index contributed by atoms with van der Waals surface area (Å²) >= 11 is 1.76. The number of benzene rings is 1. The topological polar surface area (TPSA) is 12.0 Å². The van der Waals surface area contributed by atoms with Crippen LogP contribution < -0.4 is 5.32 Å². The summed E-state index contributed by atoms with van der Waals surface area (Å²) in [5.74, 6) is 0. The van der Waals surface area contributed by atoms with Crippen molar-refractivity contribution in [2.45, 2.75) is 19.9 Å². The Labute approximate surface area is 101 Å². The molecule has 1 aromatic heterocycles. The fourth-order valence-electron chi connectivity index (χ4n) is 1.74. The van der Waals surface area contributed by atoms with Crippen molar-refractivity contribution in [2.24, 2.45) is 0 Å². The van der Waals surface area contributed by atoms with E-state index < -0.39 is 0 Å². The Kier molecular flexibility index (Phi) is 4.14. The van der Waals surface area contributed by atoms with Crippen LogP contribution in [0, 0.1) is 6.92 Å². The predicted octanol–water partition coefficient (Wildman–Crippen LogP) is 3.39. The van der Waals surface area contributed by atoms with E-state index in [9.17, 15) is 0 Å². The molecule has 0 spiro atoms. The van der Waals surface area contributed by atoms with Gasteiger partial charge in [-0.2, -0.15) is 11.3 Å². The van der Waals surface area contributed by atoms with Crippen molar-refractivity contribution in [1.82, 2.24) is 5.32 Å². The molecule has 0 radical (unpaired) electrons. The number of thiophene rings is 1. The number of hydrogen-bond acceptors (Lipinski definition) is 2. The summed E-state index contributed by atoms with van der Waals surface area (Å²) in [7, 11) is 0. The van der Waals surface area contributed by atoms with Crippen LogP contribution in [-0.4, -0.2) is 6.54 Å². The van der Waals surface area contributed by atoms with E-state index in [2.05, 4.69) is 53.3 Å². The Morgan fingerprint density at radius 3 is 2.81 bits per heavy atom. The van der Waals surface area contributed by atoms with Gasteiger partial charge >= 0.3 is 0 Å². The van der Waals surface area contributed by atoms with Crippen LogP contribution in [0.25, 0.3) is 0 Å². The molecule has 0 saturated heterocycles. The van der Waals surface area contributed by atoms with Gasteiger partial charge in [0.1, 0.15) is 0 Å². The fourth-order valence-corrected chi connectivity index (χ4v) is 2.41. The van der Waals surface area contributed by atoms with Crippen LogP contribution in [0.15, 0.2) is 41.1 Å². The zero-order valence-electron chi connectivity index (χ0n) is 9.57. The third-order valence-corrected chi connectivity index (χ3v) is 3.47. The molecule has 1 N–H and O–H groups in total. The van der Waals surface area contributed by atoms with E-state index in [-0.39, 0.29) is 0 Å². The molecule has 1 heterocycles. The third kappa shape index (κ3) is 3.19. The second-order valence-corrected chi connectivity index (χ2v) is 4.76. The average molecular weight is 231 g/mol. The van der Waals surface area contributed by atoms with Gasteiger partial charge in [0.15, 0.2) is 0 Å². The van der Waals surface area contributed by atoms with Gasteiger partial charge in [-0.25, -0.2) is 0 Å². The maximum atomic E-state index is 3.47. The van der Waals surface area contributed by atoms with E-state index in [1.165, 1.54) is 16.7 Å². The van der Waals surface area contributed by atoms with Crippen molar-refractivity contribution in [3.63, 3.8) is 0 Å². The van der Waals surface area contributed by atoms with Crippen molar-refractivity contribution in [3.8, 4) is 0 Å². The smallest absolute Gasteiger partial charge is 0.0213 e. The number of rotatable bonds is 5. The minimum Gasteiger partial charge on any atom is -0.312 e. The van der Waals surface area contributed by atoms with Crippen LogP contribution in [0.5, 0.6) is 0 Å². The highest BCUT2D eigenvalue weighted by Crippen LogP contribution is 2.08. The molecule has 2 aromatic rings. The molecule has 0 atom stereocenters. The minimum absolute atomic E-state index is 0.982. The number of nitrogens with one attached hydrogen (secondary N) is 1. The van der Waals surface area contributed by atoms with Crippen LogP contribution in [-0.2, 0) is 13.0 Å². The Bertz CT molecular complexity index is 420. The summed E-state index contributed by atoms with van der Waals surface area (Å²) in [5, 5.41) is 7.79. The lowest BCUT2D eigenvalue weighted by molar-refractivity contribution is 0.687. The van der Waals surface area contributed by atoms with Crippen molar-refractivity contribution >= 4 is 11.3 Å². The first-order valence-corrected chi connectivity index (χ1v) is 6.57. The third-order valence-electron chi connectivity index (χ3n) is 2.74. The summed E-state index contributed by atoms with van der Waals surface area (Å²) in [6.07, 6.45) is 1.11. The van der Waals surface area contributed by atoms with Gasteiger partial charge in [0.2, 0.25) is 0 Å². The molecule has 1 nitrogen and oxygen atoms in total. The van der Waals surface area contributed by atoms with Gasteiger partial charge in [0.05, 0.1) is 0 Å². The summed E-state index contributed by atoms with van der Waals surface area (Å²) < 4.78 is 0. The summed E-state index contributed by atoms with van der Waals surface area (Å²) in [4.78, 5) is 0. The Morgan fingerprint density at radius 1 is 1.19 bits per heavy atom. The molecular formula is C14H17NS. The average Bonchev–Trinajstić information content (AvgIpc) is 2.79. The Morgan fingerprint density at radius 2 is 2.06 bits per heavy atom. The van der Waals surface area contributed by atoms with Crippen LogP contribution in [0.4, 0.5) is 0 Å². The van der Waals surface area contributed by atoms with Crippen molar-refractivity contribution < 1.29 is 0 Å². The lowest BCUT2D eigenvalue weighted by atomic mass is 10.1. The second-order valence-electron chi connectivity index (χ2n) is 3.98. The maximum absolute atomic E-state index is 3.47. The van der Waals surface area contributed by atoms with Gasteiger partial charge in [-0.05, 0) is 53.4 Å². The second kappa shape index (κ2) is 5.83. The summed E-state index contributed by atoms with van der Waals surface area (Å²) in [6.45, 7) is 4.20. The molecule has 0 aliphatic heterocycles. The molecule has 16 heavy (non-hydrogen) atoms. The van der Waals surface area contributed by atoms with Crippen molar-refractivity contribution in [1.29, 1.82) is 0 Å². The van der Waals surface area contributed by atoms with E-state index in [0.717, 1.165) is 19.5 Å². The Hall–Kier alpha value is -1.12. The monoisotopic (exact) mass is 231 g/mol. The summed E-state index contributed by atoms with van der Waals surface area (Å²) in [5.41, 5.74) is 4.22. The van der Waals surface area contributed by atoms with E-state index in [0.29, 0.717) is 0 Å². The molecule has 1 aromatic carbocycles. The van der Waals surface area contributed by atoms with Gasteiger partial charge in [0, 0.05) is 6.54 Å². The maximum Gasteiger partial charge on any atom is 0.0213 e. The number of hydrogen-bond donors (Lipinski definition) is 1. The molecule has 2 rings (SSSR count). The molecule has 0 saturated carbocycles. The Balaban J connectivity index is 1.74. The molecule has 0 aliphatic rings. The zero-order valence-corrected chi connectivity index (χ0v) is 10.4. The highest BCUT2D eigenvalue weighted by molar-refractivity contribution is 7.07. The SMILES string of the molecule is Cc1ccccc1CCNCc1ccsc1. The molecule has 2 heteroatoms. The normalized spacial score (nSPS) is 10.6. The first-order valence-electron chi connectivity index (χ1n) is 5.62. The molecule has 0 bridgehead atoms. The molecule has 0 unspecified atom stereocenters. The molecule has 84 valence electrons. The van der Waals surface area contributed by atoms with Gasteiger partial charge < -0.3 is 5.32 Å². The van der Waals surface area contributed by atoms with Gasteiger partial charge in [-0.15, -0.1) is 0 Å². The van der Waals surface area contributed by atoms with E-state index in [1.807, 2.05) is 0 Å². The van der Waals surface area contributed by atoms with E-state index >= 15 is 0 Å². The minimum atomic E-state index is 0.982.